The number of rotatable bonds is 6. The minimum absolute atomic E-state index is 0.580. The van der Waals surface area contributed by atoms with Gasteiger partial charge >= 0.3 is 0 Å². The number of aromatic nitrogens is 2. The van der Waals surface area contributed by atoms with Crippen LogP contribution in [0.3, 0.4) is 0 Å². The molecule has 1 aliphatic heterocycles. The summed E-state index contributed by atoms with van der Waals surface area (Å²) in [5.74, 6) is 1.60. The summed E-state index contributed by atoms with van der Waals surface area (Å²) in [6, 6.07) is 1.17. The topological polar surface area (TPSA) is 54.2 Å². The molecular weight excluding hydrogens is 240 g/mol. The van der Waals surface area contributed by atoms with E-state index in [9.17, 15) is 0 Å². The van der Waals surface area contributed by atoms with E-state index >= 15 is 0 Å². The fourth-order valence-corrected chi connectivity index (χ4v) is 2.65. The van der Waals surface area contributed by atoms with Gasteiger partial charge in [0.15, 0.2) is 5.82 Å². The third-order valence-electron chi connectivity index (χ3n) is 3.90. The highest BCUT2D eigenvalue weighted by atomic mass is 16.5. The molecule has 2 atom stereocenters. The van der Waals surface area contributed by atoms with Gasteiger partial charge in [0.05, 0.1) is 6.54 Å². The number of aryl methyl sites for hydroxylation is 1. The van der Waals surface area contributed by atoms with E-state index in [4.69, 9.17) is 4.52 Å². The van der Waals surface area contributed by atoms with Gasteiger partial charge in [-0.3, -0.25) is 4.90 Å². The summed E-state index contributed by atoms with van der Waals surface area (Å²) >= 11 is 0. The van der Waals surface area contributed by atoms with Gasteiger partial charge in [0.25, 0.3) is 0 Å². The minimum atomic E-state index is 0.580. The van der Waals surface area contributed by atoms with Gasteiger partial charge in [-0.2, -0.15) is 4.98 Å². The molecule has 1 N–H and O–H groups in total. The van der Waals surface area contributed by atoms with Crippen molar-refractivity contribution in [2.24, 2.45) is 0 Å². The molecule has 0 aromatic carbocycles. The standard InChI is InChI=1S/C14H26N4O/c1-4-7-14-16-13(17-19-14)10-18-9-11(5-2)15-8-12(18)6-3/h11-12,15H,4-10H2,1-3H3. The number of piperazine rings is 1. The molecule has 1 aromatic rings. The van der Waals surface area contributed by atoms with E-state index in [0.717, 1.165) is 50.6 Å². The maximum absolute atomic E-state index is 5.27. The molecule has 5 nitrogen and oxygen atoms in total. The molecule has 1 aromatic heterocycles. The van der Waals surface area contributed by atoms with Gasteiger partial charge in [0, 0.05) is 31.6 Å². The smallest absolute Gasteiger partial charge is 0.226 e. The van der Waals surface area contributed by atoms with Crippen LogP contribution < -0.4 is 5.32 Å². The molecule has 108 valence electrons. The minimum Gasteiger partial charge on any atom is -0.339 e. The zero-order valence-electron chi connectivity index (χ0n) is 12.4. The van der Waals surface area contributed by atoms with Crippen LogP contribution in [0.25, 0.3) is 0 Å². The van der Waals surface area contributed by atoms with Gasteiger partial charge < -0.3 is 9.84 Å². The normalized spacial score (nSPS) is 24.8. The van der Waals surface area contributed by atoms with Crippen LogP contribution in [-0.2, 0) is 13.0 Å². The number of nitrogens with zero attached hydrogens (tertiary/aromatic N) is 3. The van der Waals surface area contributed by atoms with Crippen molar-refractivity contribution in [3.05, 3.63) is 11.7 Å². The first-order valence-electron chi connectivity index (χ1n) is 7.55. The van der Waals surface area contributed by atoms with Crippen LogP contribution in [0.15, 0.2) is 4.52 Å². The van der Waals surface area contributed by atoms with Crippen LogP contribution >= 0.6 is 0 Å². The second-order valence-corrected chi connectivity index (χ2v) is 5.36. The van der Waals surface area contributed by atoms with Crippen LogP contribution in [0.1, 0.15) is 51.7 Å². The van der Waals surface area contributed by atoms with E-state index in [2.05, 4.69) is 41.1 Å². The summed E-state index contributed by atoms with van der Waals surface area (Å²) in [5, 5.41) is 7.71. The third-order valence-corrected chi connectivity index (χ3v) is 3.90. The van der Waals surface area contributed by atoms with E-state index in [1.54, 1.807) is 0 Å². The van der Waals surface area contributed by atoms with Gasteiger partial charge in [0.2, 0.25) is 5.89 Å². The van der Waals surface area contributed by atoms with Crippen molar-refractivity contribution in [1.82, 2.24) is 20.4 Å². The molecule has 1 fully saturated rings. The molecule has 0 bridgehead atoms. The lowest BCUT2D eigenvalue weighted by molar-refractivity contribution is 0.113. The number of hydrogen-bond acceptors (Lipinski definition) is 5. The maximum atomic E-state index is 5.27. The summed E-state index contributed by atoms with van der Waals surface area (Å²) in [5.41, 5.74) is 0. The van der Waals surface area contributed by atoms with Crippen LogP contribution in [0, 0.1) is 0 Å². The van der Waals surface area contributed by atoms with E-state index < -0.39 is 0 Å². The van der Waals surface area contributed by atoms with Crippen LogP contribution in [0.4, 0.5) is 0 Å². The first kappa shape index (κ1) is 14.5. The summed E-state index contributed by atoms with van der Waals surface area (Å²) in [4.78, 5) is 6.97. The quantitative estimate of drug-likeness (QED) is 0.853. The van der Waals surface area contributed by atoms with Gasteiger partial charge in [0.1, 0.15) is 0 Å². The molecule has 5 heteroatoms. The molecule has 2 heterocycles. The molecule has 0 spiro atoms. The monoisotopic (exact) mass is 266 g/mol. The molecule has 0 saturated carbocycles. The predicted molar refractivity (Wildman–Crippen MR) is 74.9 cm³/mol. The van der Waals surface area contributed by atoms with Crippen molar-refractivity contribution < 1.29 is 4.52 Å². The van der Waals surface area contributed by atoms with Gasteiger partial charge in [-0.1, -0.05) is 25.9 Å². The van der Waals surface area contributed by atoms with Crippen molar-refractivity contribution in [1.29, 1.82) is 0 Å². The Morgan fingerprint density at radius 2 is 2.16 bits per heavy atom. The molecule has 1 saturated heterocycles. The Hall–Kier alpha value is -0.940. The van der Waals surface area contributed by atoms with Gasteiger partial charge in [-0.05, 0) is 19.3 Å². The van der Waals surface area contributed by atoms with E-state index in [0.29, 0.717) is 12.1 Å². The lowest BCUT2D eigenvalue weighted by Crippen LogP contribution is -2.55. The second-order valence-electron chi connectivity index (χ2n) is 5.36. The fourth-order valence-electron chi connectivity index (χ4n) is 2.65. The van der Waals surface area contributed by atoms with Crippen molar-refractivity contribution in [3.63, 3.8) is 0 Å². The average Bonchev–Trinajstić information content (AvgIpc) is 2.86. The molecule has 0 radical (unpaired) electrons. The first-order chi connectivity index (χ1) is 9.26. The summed E-state index contributed by atoms with van der Waals surface area (Å²) in [6.07, 6.45) is 4.25. The lowest BCUT2D eigenvalue weighted by atomic mass is 10.1. The average molecular weight is 266 g/mol. The Morgan fingerprint density at radius 3 is 2.84 bits per heavy atom. The highest BCUT2D eigenvalue weighted by molar-refractivity contribution is 4.91. The summed E-state index contributed by atoms with van der Waals surface area (Å²) in [7, 11) is 0. The highest BCUT2D eigenvalue weighted by Gasteiger charge is 2.26. The van der Waals surface area contributed by atoms with E-state index in [1.165, 1.54) is 6.42 Å². The van der Waals surface area contributed by atoms with Crippen molar-refractivity contribution >= 4 is 0 Å². The molecule has 1 aliphatic rings. The largest absolute Gasteiger partial charge is 0.339 e. The molecule has 0 amide bonds. The molecular formula is C14H26N4O. The summed E-state index contributed by atoms with van der Waals surface area (Å²) < 4.78 is 5.27. The maximum Gasteiger partial charge on any atom is 0.226 e. The second kappa shape index (κ2) is 7.01. The molecule has 2 unspecified atom stereocenters. The lowest BCUT2D eigenvalue weighted by Gasteiger charge is -2.39. The zero-order valence-corrected chi connectivity index (χ0v) is 12.4. The Morgan fingerprint density at radius 1 is 1.32 bits per heavy atom. The Labute approximate surface area is 115 Å². The van der Waals surface area contributed by atoms with Crippen molar-refractivity contribution in [3.8, 4) is 0 Å². The Bertz CT molecular complexity index is 379. The van der Waals surface area contributed by atoms with Crippen LogP contribution in [-0.4, -0.2) is 40.2 Å². The van der Waals surface area contributed by atoms with Gasteiger partial charge in [-0.15, -0.1) is 0 Å². The third kappa shape index (κ3) is 3.76. The molecule has 0 aliphatic carbocycles. The molecule has 19 heavy (non-hydrogen) atoms. The van der Waals surface area contributed by atoms with Crippen LogP contribution in [0.5, 0.6) is 0 Å². The predicted octanol–water partition coefficient (Wildman–Crippen LogP) is 1.98. The van der Waals surface area contributed by atoms with E-state index in [-0.39, 0.29) is 0 Å². The molecule has 2 rings (SSSR count). The van der Waals surface area contributed by atoms with Crippen molar-refractivity contribution in [2.75, 3.05) is 13.1 Å². The highest BCUT2D eigenvalue weighted by Crippen LogP contribution is 2.15. The fraction of sp³-hybridized carbons (Fsp3) is 0.857. The summed E-state index contributed by atoms with van der Waals surface area (Å²) in [6.45, 7) is 9.55. The van der Waals surface area contributed by atoms with Crippen molar-refractivity contribution in [2.45, 2.75) is 65.1 Å². The first-order valence-corrected chi connectivity index (χ1v) is 7.55. The SMILES string of the molecule is CCCc1nc(CN2CC(CC)NCC2CC)no1. The Kier molecular flexibility index (Phi) is 5.34. The zero-order chi connectivity index (χ0) is 13.7. The number of hydrogen-bond donors (Lipinski definition) is 1. The van der Waals surface area contributed by atoms with Gasteiger partial charge in [-0.25, -0.2) is 0 Å². The van der Waals surface area contributed by atoms with E-state index in [1.807, 2.05) is 0 Å². The number of nitrogens with one attached hydrogen (secondary N) is 1. The van der Waals surface area contributed by atoms with Crippen LogP contribution in [0.2, 0.25) is 0 Å². The Balaban J connectivity index is 1.97.